The molecule has 628 valence electrons. The predicted molar refractivity (Wildman–Crippen MR) is 399 cm³/mol. The molecule has 0 radical (unpaired) electrons. The van der Waals surface area contributed by atoms with Crippen molar-refractivity contribution in [1.82, 2.24) is 83.6 Å². The van der Waals surface area contributed by atoms with Crippen molar-refractivity contribution < 1.29 is 107 Å². The number of likely N-dealkylation sites (tertiary alicyclic amines) is 2. The number of aromatic nitrogens is 2. The van der Waals surface area contributed by atoms with Crippen LogP contribution in [0.4, 0.5) is 0 Å². The third-order valence-corrected chi connectivity index (χ3v) is 18.9. The maximum atomic E-state index is 14.9. The van der Waals surface area contributed by atoms with E-state index in [9.17, 15) is 107 Å². The number of primary amides is 3. The van der Waals surface area contributed by atoms with Gasteiger partial charge >= 0.3 is 5.97 Å². The minimum atomic E-state index is -2.10. The summed E-state index contributed by atoms with van der Waals surface area (Å²) < 4.78 is 0. The number of nitrogens with zero attached hydrogens (tertiary/aromatic N) is 3. The molecule has 1 aromatic heterocycles. The molecule has 44 heteroatoms. The van der Waals surface area contributed by atoms with Crippen molar-refractivity contribution in [3.8, 4) is 0 Å². The van der Waals surface area contributed by atoms with Crippen LogP contribution in [0.25, 0.3) is 0 Å². The average molecular weight is 1610 g/mol. The Bertz CT molecular complexity index is 3480. The number of aliphatic hydroxyl groups excluding tert-OH is 3. The van der Waals surface area contributed by atoms with Gasteiger partial charge < -0.3 is 128 Å². The van der Waals surface area contributed by atoms with E-state index < -0.39 is 247 Å². The minimum Gasteiger partial charge on any atom is -0.480 e. The maximum absolute atomic E-state index is 14.9. The molecule has 43 nitrogen and oxygen atoms in total. The highest BCUT2D eigenvalue weighted by atomic mass is 32.1. The molecule has 0 spiro atoms. The average Bonchev–Trinajstić information content (AvgIpc) is 1.64. The van der Waals surface area contributed by atoms with E-state index in [2.05, 4.69) is 86.4 Å². The third kappa shape index (κ3) is 30.5. The predicted octanol–water partition coefficient (Wildman–Crippen LogP) is -9.63. The molecule has 0 saturated carbocycles. The van der Waals surface area contributed by atoms with Gasteiger partial charge in [0, 0.05) is 37.2 Å². The normalized spacial score (nSPS) is 18.3. The van der Waals surface area contributed by atoms with Crippen molar-refractivity contribution in [3.63, 3.8) is 0 Å². The number of aromatic amines is 1. The van der Waals surface area contributed by atoms with Crippen LogP contribution in [0.3, 0.4) is 0 Å². The van der Waals surface area contributed by atoms with E-state index in [0.29, 0.717) is 19.3 Å². The molecule has 3 heterocycles. The molecule has 0 bridgehead atoms. The fourth-order valence-electron chi connectivity index (χ4n) is 12.0. The molecule has 2 aliphatic rings. The number of nitrogens with two attached hydrogens (primary N) is 5. The summed E-state index contributed by atoms with van der Waals surface area (Å²) in [6, 6.07) is -22.4. The second kappa shape index (κ2) is 46.6. The number of carboxylic acid groups (broad SMARTS) is 1. The first-order valence-corrected chi connectivity index (χ1v) is 37.5. The Morgan fingerprint density at radius 3 is 1.42 bits per heavy atom. The number of aliphatic hydroxyl groups is 3. The molecule has 0 aliphatic carbocycles. The first-order valence-electron chi connectivity index (χ1n) is 36.9. The smallest absolute Gasteiger partial charge is 0.326 e. The van der Waals surface area contributed by atoms with E-state index in [4.69, 9.17) is 28.7 Å². The van der Waals surface area contributed by atoms with Gasteiger partial charge in [0.25, 0.3) is 0 Å². The molecule has 2 aliphatic heterocycles. The molecule has 3 rings (SSSR count). The fraction of sp³-hybridized carbons (Fsp3) is 0.691. The second-order valence-corrected chi connectivity index (χ2v) is 29.0. The second-order valence-electron chi connectivity index (χ2n) is 28.6. The van der Waals surface area contributed by atoms with Crippen molar-refractivity contribution in [3.05, 3.63) is 18.2 Å². The monoisotopic (exact) mass is 1610 g/mol. The van der Waals surface area contributed by atoms with Gasteiger partial charge in [-0.3, -0.25) is 81.5 Å². The molecular weight excluding hydrogens is 1490 g/mol. The third-order valence-electron chi connectivity index (χ3n) is 18.5. The Labute approximate surface area is 652 Å². The van der Waals surface area contributed by atoms with Crippen LogP contribution < -0.4 is 92.5 Å². The van der Waals surface area contributed by atoms with Gasteiger partial charge in [-0.25, -0.2) is 9.78 Å². The highest BCUT2D eigenvalue weighted by molar-refractivity contribution is 7.80. The first kappa shape index (κ1) is 96.0. The number of aliphatic carboxylic acids is 1. The number of thiol groups is 1. The molecule has 1 aromatic rings. The van der Waals surface area contributed by atoms with Gasteiger partial charge in [-0.1, -0.05) is 48.0 Å². The molecule has 18 atom stereocenters. The highest BCUT2D eigenvalue weighted by Gasteiger charge is 2.45. The Hall–Kier alpha value is -10.2. The molecule has 0 unspecified atom stereocenters. The summed E-state index contributed by atoms with van der Waals surface area (Å²) in [5, 5.41) is 70.0. The van der Waals surface area contributed by atoms with E-state index in [1.54, 1.807) is 41.5 Å². The largest absolute Gasteiger partial charge is 0.480 e. The van der Waals surface area contributed by atoms with Crippen LogP contribution in [-0.4, -0.2) is 281 Å². The number of amides is 17. The zero-order valence-corrected chi connectivity index (χ0v) is 65.1. The van der Waals surface area contributed by atoms with Crippen LogP contribution >= 0.6 is 12.6 Å². The van der Waals surface area contributed by atoms with E-state index >= 15 is 0 Å². The van der Waals surface area contributed by atoms with Gasteiger partial charge in [0.2, 0.25) is 100 Å². The molecule has 27 N–H and O–H groups in total. The maximum Gasteiger partial charge on any atom is 0.326 e. The lowest BCUT2D eigenvalue weighted by molar-refractivity contribution is -0.146. The molecule has 17 amide bonds. The number of unbranched alkanes of at least 4 members (excludes halogenated alkanes) is 1. The standard InChI is InChI=1S/C68H113N21O22S/c1-10-32(6)51(63(105)82-42(25-48(72)95)67(109)88-19-13-16-44(88)59(101)78-37(68(110)111)15-11-12-18-69)84-60(102)45-17-14-20-89(45)66(108)41(22-36-26-74-29-76-36)81-56(98)40(24-47(71)94)80-64(106)53(34(8)91)87-65(107)54(35(9)92)85-58(100)43(28-112)83-57(99)39(23-46(70)93)79-55(97)38(21-30(2)3)77-49(96)27-75-62(104)52(33(7)90)86-61(103)50(73)31(4)5/h26,29-35,37-45,50-54,90-92,112H,10-25,27-28,69,73H2,1-9H3,(H2,70,93)(H2,71,94)(H2,72,95)(H,74,76)(H,75,104)(H,77,96)(H,78,101)(H,79,97)(H,80,106)(H,81,98)(H,82,105)(H,83,99)(H,84,102)(H,85,100)(H,86,103)(H,87,107)(H,110,111)/t32-,33+,34+,35+,37-,38-,39-,40-,41-,42-,43-,44-,45-,50-,51-,52-,53-,54-/m0/s1. The number of carboxylic acids is 1. The lowest BCUT2D eigenvalue weighted by Gasteiger charge is -2.32. The Balaban J connectivity index is 1.83. The number of H-pyrrole nitrogens is 1. The van der Waals surface area contributed by atoms with Crippen LogP contribution in [0.15, 0.2) is 12.5 Å². The summed E-state index contributed by atoms with van der Waals surface area (Å²) >= 11 is 4.13. The van der Waals surface area contributed by atoms with Crippen LogP contribution in [0.1, 0.15) is 145 Å². The summed E-state index contributed by atoms with van der Waals surface area (Å²) in [7, 11) is 0. The Kier molecular flexibility index (Phi) is 40.0. The quantitative estimate of drug-likeness (QED) is 0.0213. The molecular formula is C68H113N21O22S. The summed E-state index contributed by atoms with van der Waals surface area (Å²) in [6.07, 6.45) is -3.98. The van der Waals surface area contributed by atoms with Gasteiger partial charge in [-0.05, 0) is 96.4 Å². The summed E-state index contributed by atoms with van der Waals surface area (Å²) in [5.74, 6) is -21.3. The van der Waals surface area contributed by atoms with Gasteiger partial charge in [0.05, 0.1) is 56.5 Å². The number of carbonyl (C=O) groups excluding carboxylic acids is 17. The first-order chi connectivity index (χ1) is 52.5. The highest BCUT2D eigenvalue weighted by Crippen LogP contribution is 2.24. The zero-order valence-electron chi connectivity index (χ0n) is 64.2. The minimum absolute atomic E-state index is 0.000800. The fourth-order valence-corrected chi connectivity index (χ4v) is 12.3. The lowest BCUT2D eigenvalue weighted by atomic mass is 9.97. The number of imidazole rings is 1. The van der Waals surface area contributed by atoms with Crippen molar-refractivity contribution in [2.75, 3.05) is 31.9 Å². The number of carbonyl (C=O) groups is 18. The van der Waals surface area contributed by atoms with Gasteiger partial charge in [-0.2, -0.15) is 12.6 Å². The molecule has 2 saturated heterocycles. The van der Waals surface area contributed by atoms with Gasteiger partial charge in [-0.15, -0.1) is 0 Å². The van der Waals surface area contributed by atoms with Gasteiger partial charge in [0.1, 0.15) is 78.5 Å². The van der Waals surface area contributed by atoms with E-state index in [1.807, 2.05) is 0 Å². The lowest BCUT2D eigenvalue weighted by Crippen LogP contribution is -2.64. The van der Waals surface area contributed by atoms with Crippen molar-refractivity contribution >= 4 is 119 Å². The van der Waals surface area contributed by atoms with E-state index in [0.717, 1.165) is 23.6 Å². The van der Waals surface area contributed by atoms with E-state index in [1.165, 1.54) is 19.4 Å². The topological polar surface area (TPSA) is 698 Å². The van der Waals surface area contributed by atoms with Crippen LogP contribution in [0, 0.1) is 17.8 Å². The van der Waals surface area contributed by atoms with Crippen LogP contribution in [0.5, 0.6) is 0 Å². The molecule has 0 aromatic carbocycles. The summed E-state index contributed by atoms with van der Waals surface area (Å²) in [6.45, 7) is 12.5. The van der Waals surface area contributed by atoms with Crippen molar-refractivity contribution in [2.45, 2.75) is 249 Å². The van der Waals surface area contributed by atoms with Crippen LogP contribution in [-0.2, 0) is 92.7 Å². The van der Waals surface area contributed by atoms with Gasteiger partial charge in [0.15, 0.2) is 0 Å². The number of rotatable bonds is 48. The molecule has 2 fully saturated rings. The van der Waals surface area contributed by atoms with Crippen LogP contribution in [0.2, 0.25) is 0 Å². The number of nitrogens with one attached hydrogen (secondary N) is 13. The summed E-state index contributed by atoms with van der Waals surface area (Å²) in [5.41, 5.74) is 28.2. The zero-order chi connectivity index (χ0) is 84.7. The van der Waals surface area contributed by atoms with Crippen molar-refractivity contribution in [2.24, 2.45) is 46.4 Å². The number of hydrogen-bond acceptors (Lipinski definition) is 25. The SMILES string of the molecule is CC[C@H](C)[C@H](NC(=O)[C@@H]1CCCN1C(=O)[C@H](Cc1cnc[nH]1)NC(=O)[C@H](CC(N)=O)NC(=O)[C@@H](NC(=O)[C@@H](NC(=O)[C@H](CS)NC(=O)[C@H](CC(N)=O)NC(=O)[C@H](CC(C)C)NC(=O)CNC(=O)[C@@H](NC(=O)[C@@H](N)C(C)C)[C@@H](C)O)[C@@H](C)O)[C@@H](C)O)C(=O)N[C@@H](CC(N)=O)C(=O)N1CCC[C@H]1C(=O)N[C@@H](CCCCN)C(=O)O. The Morgan fingerprint density at radius 1 is 0.527 bits per heavy atom. The Morgan fingerprint density at radius 2 is 0.955 bits per heavy atom. The number of hydrogen-bond donors (Lipinski definition) is 23. The summed E-state index contributed by atoms with van der Waals surface area (Å²) in [4.78, 5) is 253. The van der Waals surface area contributed by atoms with Crippen molar-refractivity contribution in [1.29, 1.82) is 0 Å². The molecule has 112 heavy (non-hydrogen) atoms. The van der Waals surface area contributed by atoms with E-state index in [-0.39, 0.29) is 82.1 Å².